The second-order valence-corrected chi connectivity index (χ2v) is 10.5. The zero-order valence-electron chi connectivity index (χ0n) is 16.7. The first-order chi connectivity index (χ1) is 13.2. The predicted molar refractivity (Wildman–Crippen MR) is 114 cm³/mol. The number of piperidine rings is 1. The summed E-state index contributed by atoms with van der Waals surface area (Å²) < 4.78 is 0.951. The molecule has 0 spiro atoms. The Labute approximate surface area is 172 Å². The van der Waals surface area contributed by atoms with Gasteiger partial charge in [-0.15, -0.1) is 0 Å². The van der Waals surface area contributed by atoms with E-state index in [9.17, 15) is 10.2 Å². The number of nitrogens with zero attached hydrogens (tertiary/aromatic N) is 1. The van der Waals surface area contributed by atoms with E-state index >= 15 is 0 Å². The number of fused-ring (bicyclic) bond motifs is 1. The lowest BCUT2D eigenvalue weighted by Gasteiger charge is -2.65. The Morgan fingerprint density at radius 1 is 1.36 bits per heavy atom. The number of benzene rings is 1. The molecule has 4 nitrogen and oxygen atoms in total. The summed E-state index contributed by atoms with van der Waals surface area (Å²) in [5.41, 5.74) is 8.35. The number of nitrogens with two attached hydrogens (primary N) is 1. The maximum atomic E-state index is 12.3. The molecule has 3 aliphatic carbocycles. The zero-order valence-corrected chi connectivity index (χ0v) is 17.5. The predicted octanol–water partition coefficient (Wildman–Crippen LogP) is 2.92. The lowest BCUT2D eigenvalue weighted by Crippen LogP contribution is -2.78. The average molecular weight is 400 g/mol. The van der Waals surface area contributed by atoms with Gasteiger partial charge in [0.2, 0.25) is 0 Å². The topological polar surface area (TPSA) is 66.5 Å². The van der Waals surface area contributed by atoms with Crippen LogP contribution in [0.15, 0.2) is 24.3 Å². The van der Waals surface area contributed by atoms with Crippen LogP contribution in [0.2, 0.25) is 0 Å². The van der Waals surface area contributed by atoms with Gasteiger partial charge >= 0.3 is 0 Å². The molecule has 1 aromatic carbocycles. The van der Waals surface area contributed by atoms with Gasteiger partial charge in [-0.3, -0.25) is 0 Å². The van der Waals surface area contributed by atoms with Crippen molar-refractivity contribution in [1.82, 2.24) is 0 Å². The summed E-state index contributed by atoms with van der Waals surface area (Å²) in [6, 6.07) is 4.11. The van der Waals surface area contributed by atoms with Crippen LogP contribution in [0, 0.1) is 5.92 Å². The number of phenolic OH excluding ortho intramolecular Hbond substituents is 1. The number of rotatable bonds is 3. The number of aromatic hydroxyl groups is 1. The highest BCUT2D eigenvalue weighted by molar-refractivity contribution is 7.80. The number of allylic oxidation sites excluding steroid dienone is 1. The molecule has 0 radical (unpaired) electrons. The molecule has 1 aliphatic heterocycles. The molecule has 4 aliphatic rings. The van der Waals surface area contributed by atoms with Gasteiger partial charge in [0.15, 0.2) is 0 Å². The number of quaternary nitrogens is 1. The smallest absolute Gasteiger partial charge is 0.129 e. The molecule has 1 heterocycles. The molecular formula is C23H31N2O2S+. The molecule has 2 unspecified atom stereocenters. The summed E-state index contributed by atoms with van der Waals surface area (Å²) >= 11 is 5.19. The number of thiocarbonyl (C=S) groups is 1. The van der Waals surface area contributed by atoms with E-state index < -0.39 is 11.0 Å². The van der Waals surface area contributed by atoms with E-state index in [1.807, 2.05) is 6.07 Å². The molecule has 1 saturated heterocycles. The van der Waals surface area contributed by atoms with Crippen LogP contribution in [0.5, 0.6) is 5.75 Å². The molecule has 3 fully saturated rings. The Morgan fingerprint density at radius 3 is 2.79 bits per heavy atom. The SMILES string of the molecule is C=C1CC[C@@]2(O)[C@H]3Cc4ccc(C(N)=S)c(O)c4C2(CC[N+]3(C)CC2CC2)C1. The molecule has 5 rings (SSSR count). The summed E-state index contributed by atoms with van der Waals surface area (Å²) in [6.45, 7) is 6.48. The van der Waals surface area contributed by atoms with Crippen molar-refractivity contribution in [3.63, 3.8) is 0 Å². The van der Waals surface area contributed by atoms with Gasteiger partial charge < -0.3 is 20.4 Å². The largest absolute Gasteiger partial charge is 0.507 e. The van der Waals surface area contributed by atoms with E-state index in [4.69, 9.17) is 18.0 Å². The second kappa shape index (κ2) is 5.80. The summed E-state index contributed by atoms with van der Waals surface area (Å²) in [6.07, 6.45) is 6.66. The molecule has 4 atom stereocenters. The number of likely N-dealkylation sites (tertiary alicyclic amines) is 1. The molecule has 2 bridgehead atoms. The average Bonchev–Trinajstić information content (AvgIpc) is 3.43. The Morgan fingerprint density at radius 2 is 2.11 bits per heavy atom. The van der Waals surface area contributed by atoms with Gasteiger partial charge in [0.05, 0.1) is 25.7 Å². The quantitative estimate of drug-likeness (QED) is 0.415. The standard InChI is InChI=1S/C23H30N2O2S/c1-14-7-8-23(27)18-11-16-5-6-17(21(24)28)20(26)19(16)22(23,12-14)9-10-25(18,2)13-15-3-4-15/h5-6,15,18,27H,1,3-4,7-13H2,2H3,(H2-,24,26,28)/p+1/t18-,22?,23-,25?/m1/s1. The first kappa shape index (κ1) is 18.6. The first-order valence-electron chi connectivity index (χ1n) is 10.6. The third-order valence-corrected chi connectivity index (χ3v) is 8.61. The monoisotopic (exact) mass is 399 g/mol. The minimum Gasteiger partial charge on any atom is -0.507 e. The highest BCUT2D eigenvalue weighted by atomic mass is 32.1. The molecule has 5 heteroatoms. The Bertz CT molecular complexity index is 895. The van der Waals surface area contributed by atoms with Gasteiger partial charge in [-0.05, 0) is 43.7 Å². The summed E-state index contributed by atoms with van der Waals surface area (Å²) in [5, 5.41) is 23.5. The minimum atomic E-state index is -0.824. The minimum absolute atomic E-state index is 0.164. The summed E-state index contributed by atoms with van der Waals surface area (Å²) in [7, 11) is 2.35. The van der Waals surface area contributed by atoms with Crippen LogP contribution in [0.3, 0.4) is 0 Å². The van der Waals surface area contributed by atoms with Crippen LogP contribution in [0.4, 0.5) is 0 Å². The number of hydrogen-bond donors (Lipinski definition) is 3. The number of phenols is 1. The molecule has 150 valence electrons. The van der Waals surface area contributed by atoms with Crippen LogP contribution in [0.1, 0.15) is 55.2 Å². The fourth-order valence-corrected chi connectivity index (χ4v) is 7.02. The van der Waals surface area contributed by atoms with Gasteiger partial charge in [-0.25, -0.2) is 0 Å². The third-order valence-electron chi connectivity index (χ3n) is 8.39. The lowest BCUT2D eigenvalue weighted by molar-refractivity contribution is -0.950. The summed E-state index contributed by atoms with van der Waals surface area (Å²) in [5.74, 6) is 1.00. The van der Waals surface area contributed by atoms with Crippen LogP contribution in [-0.4, -0.2) is 51.5 Å². The van der Waals surface area contributed by atoms with Crippen molar-refractivity contribution in [3.05, 3.63) is 41.0 Å². The van der Waals surface area contributed by atoms with Gasteiger partial charge in [0.1, 0.15) is 22.4 Å². The number of likely N-dealkylation sites (N-methyl/N-ethyl adjacent to an activating group) is 1. The highest BCUT2D eigenvalue weighted by Crippen LogP contribution is 2.62. The fourth-order valence-electron chi connectivity index (χ4n) is 6.85. The number of hydrogen-bond acceptors (Lipinski definition) is 3. The molecule has 0 amide bonds. The van der Waals surface area contributed by atoms with Crippen LogP contribution in [0.25, 0.3) is 0 Å². The van der Waals surface area contributed by atoms with Crippen molar-refractivity contribution >= 4 is 17.2 Å². The number of aliphatic hydroxyl groups is 1. The second-order valence-electron chi connectivity index (χ2n) is 10.1. The van der Waals surface area contributed by atoms with Crippen molar-refractivity contribution in [2.45, 2.75) is 62.0 Å². The summed E-state index contributed by atoms with van der Waals surface area (Å²) in [4.78, 5) is 0.210. The molecule has 4 N–H and O–H groups in total. The van der Waals surface area contributed by atoms with Crippen LogP contribution >= 0.6 is 12.2 Å². The van der Waals surface area contributed by atoms with Gasteiger partial charge in [0.25, 0.3) is 0 Å². The van der Waals surface area contributed by atoms with E-state index in [2.05, 4.69) is 19.7 Å². The molecular weight excluding hydrogens is 368 g/mol. The third kappa shape index (κ3) is 2.33. The van der Waals surface area contributed by atoms with Crippen molar-refractivity contribution in [3.8, 4) is 5.75 Å². The van der Waals surface area contributed by atoms with E-state index in [-0.39, 0.29) is 16.8 Å². The van der Waals surface area contributed by atoms with Gasteiger partial charge in [-0.2, -0.15) is 0 Å². The van der Waals surface area contributed by atoms with Gasteiger partial charge in [-0.1, -0.05) is 30.4 Å². The normalized spacial score (nSPS) is 39.2. The van der Waals surface area contributed by atoms with E-state index in [1.165, 1.54) is 18.4 Å². The molecule has 0 aromatic heterocycles. The first-order valence-corrected chi connectivity index (χ1v) is 11.0. The van der Waals surface area contributed by atoms with E-state index in [0.717, 1.165) is 66.7 Å². The fraction of sp³-hybridized carbons (Fsp3) is 0.609. The van der Waals surface area contributed by atoms with E-state index in [0.29, 0.717) is 5.56 Å². The molecule has 1 aromatic rings. The van der Waals surface area contributed by atoms with Crippen molar-refractivity contribution < 1.29 is 14.7 Å². The Balaban J connectivity index is 1.73. The van der Waals surface area contributed by atoms with Gasteiger partial charge in [0, 0.05) is 29.7 Å². The van der Waals surface area contributed by atoms with Crippen molar-refractivity contribution in [1.29, 1.82) is 0 Å². The molecule has 28 heavy (non-hydrogen) atoms. The Kier molecular flexibility index (Phi) is 3.85. The maximum Gasteiger partial charge on any atom is 0.129 e. The molecule has 2 saturated carbocycles. The lowest BCUT2D eigenvalue weighted by atomic mass is 9.48. The zero-order chi connectivity index (χ0) is 19.9. The van der Waals surface area contributed by atoms with Crippen LogP contribution < -0.4 is 5.73 Å². The van der Waals surface area contributed by atoms with Crippen molar-refractivity contribution in [2.24, 2.45) is 11.7 Å². The maximum absolute atomic E-state index is 12.3. The van der Waals surface area contributed by atoms with Crippen LogP contribution in [-0.2, 0) is 11.8 Å². The highest BCUT2D eigenvalue weighted by Gasteiger charge is 2.69. The van der Waals surface area contributed by atoms with E-state index in [1.54, 1.807) is 0 Å². The van der Waals surface area contributed by atoms with Crippen molar-refractivity contribution in [2.75, 3.05) is 20.1 Å². The Hall–Kier alpha value is -1.43.